The second-order valence-corrected chi connectivity index (χ2v) is 6.09. The van der Waals surface area contributed by atoms with Gasteiger partial charge in [0.2, 0.25) is 11.0 Å². The van der Waals surface area contributed by atoms with E-state index < -0.39 is 0 Å². The zero-order valence-electron chi connectivity index (χ0n) is 13.3. The van der Waals surface area contributed by atoms with Gasteiger partial charge < -0.3 is 10.2 Å². The van der Waals surface area contributed by atoms with E-state index >= 15 is 0 Å². The van der Waals surface area contributed by atoms with Crippen LogP contribution in [0.2, 0.25) is 0 Å². The third kappa shape index (κ3) is 4.80. The number of carbonyl (C=O) groups is 1. The zero-order valence-corrected chi connectivity index (χ0v) is 14.1. The Bertz CT molecular complexity index is 609. The molecular weight excluding hydrogens is 296 g/mol. The molecule has 5 nitrogen and oxygen atoms in total. The Balaban J connectivity index is 1.92. The molecule has 2 aromatic rings. The number of nitrogens with zero attached hydrogens (tertiary/aromatic N) is 3. The molecular formula is C16H22N4OS. The second-order valence-electron chi connectivity index (χ2n) is 5.36. The van der Waals surface area contributed by atoms with E-state index in [2.05, 4.69) is 45.9 Å². The number of aryl methyl sites for hydroxylation is 1. The lowest BCUT2D eigenvalue weighted by molar-refractivity contribution is -0.119. The van der Waals surface area contributed by atoms with Crippen molar-refractivity contribution in [3.63, 3.8) is 0 Å². The highest BCUT2D eigenvalue weighted by Crippen LogP contribution is 2.17. The monoisotopic (exact) mass is 318 g/mol. The van der Waals surface area contributed by atoms with Crippen LogP contribution in [-0.2, 0) is 11.2 Å². The van der Waals surface area contributed by atoms with Gasteiger partial charge in [0, 0.05) is 31.5 Å². The number of hydrogen-bond donors (Lipinski definition) is 1. The Hall–Kier alpha value is -1.95. The Morgan fingerprint density at radius 1 is 1.32 bits per heavy atom. The molecule has 0 saturated heterocycles. The number of likely N-dealkylation sites (N-methyl/N-ethyl adjacent to an activating group) is 1. The zero-order chi connectivity index (χ0) is 15.9. The van der Waals surface area contributed by atoms with E-state index in [0.29, 0.717) is 19.5 Å². The molecule has 0 aliphatic carbocycles. The van der Waals surface area contributed by atoms with E-state index in [0.717, 1.165) is 17.4 Å². The normalized spacial score (nSPS) is 10.5. The Morgan fingerprint density at radius 2 is 2.05 bits per heavy atom. The van der Waals surface area contributed by atoms with Crippen molar-refractivity contribution in [2.45, 2.75) is 26.7 Å². The number of aromatic nitrogens is 2. The Morgan fingerprint density at radius 3 is 2.73 bits per heavy atom. The summed E-state index contributed by atoms with van der Waals surface area (Å²) < 4.78 is 4.38. The van der Waals surface area contributed by atoms with Crippen LogP contribution in [0.5, 0.6) is 0 Å². The SMILES string of the molecule is CCCNC(=O)CN(C)c1nc(Cc2ccc(C)cc2)ns1. The first-order valence-corrected chi connectivity index (χ1v) is 8.21. The molecule has 1 N–H and O–H groups in total. The van der Waals surface area contributed by atoms with Crippen LogP contribution in [0.4, 0.5) is 5.13 Å². The molecule has 0 saturated carbocycles. The van der Waals surface area contributed by atoms with Gasteiger partial charge in [0.1, 0.15) is 5.82 Å². The Kier molecular flexibility index (Phi) is 5.89. The molecule has 0 fully saturated rings. The maximum Gasteiger partial charge on any atom is 0.239 e. The lowest BCUT2D eigenvalue weighted by atomic mass is 10.1. The summed E-state index contributed by atoms with van der Waals surface area (Å²) in [5.74, 6) is 0.810. The van der Waals surface area contributed by atoms with E-state index in [1.807, 2.05) is 18.9 Å². The highest BCUT2D eigenvalue weighted by Gasteiger charge is 2.12. The van der Waals surface area contributed by atoms with Gasteiger partial charge in [-0.05, 0) is 18.9 Å². The summed E-state index contributed by atoms with van der Waals surface area (Å²) >= 11 is 1.33. The molecule has 1 aromatic heterocycles. The summed E-state index contributed by atoms with van der Waals surface area (Å²) in [7, 11) is 1.86. The fraction of sp³-hybridized carbons (Fsp3) is 0.438. The van der Waals surface area contributed by atoms with Crippen LogP contribution < -0.4 is 10.2 Å². The van der Waals surface area contributed by atoms with Crippen LogP contribution in [0.15, 0.2) is 24.3 Å². The predicted molar refractivity (Wildman–Crippen MR) is 90.5 cm³/mol. The summed E-state index contributed by atoms with van der Waals surface area (Å²) in [4.78, 5) is 18.1. The minimum atomic E-state index is 0.0136. The fourth-order valence-electron chi connectivity index (χ4n) is 1.96. The summed E-state index contributed by atoms with van der Waals surface area (Å²) in [6.45, 7) is 5.12. The number of rotatable bonds is 7. The van der Waals surface area contributed by atoms with Crippen LogP contribution >= 0.6 is 11.5 Å². The number of anilines is 1. The molecule has 0 aliphatic rings. The molecule has 2 rings (SSSR count). The van der Waals surface area contributed by atoms with E-state index in [-0.39, 0.29) is 5.91 Å². The van der Waals surface area contributed by atoms with Crippen LogP contribution in [0, 0.1) is 6.92 Å². The van der Waals surface area contributed by atoms with Gasteiger partial charge in [0.15, 0.2) is 0 Å². The average molecular weight is 318 g/mol. The number of hydrogen-bond acceptors (Lipinski definition) is 5. The number of benzene rings is 1. The average Bonchev–Trinajstić information content (AvgIpc) is 2.96. The van der Waals surface area contributed by atoms with Crippen LogP contribution in [0.25, 0.3) is 0 Å². The molecule has 1 amide bonds. The summed E-state index contributed by atoms with van der Waals surface area (Å²) in [6.07, 6.45) is 1.65. The standard InChI is InChI=1S/C16H22N4OS/c1-4-9-17-15(21)11-20(3)16-18-14(19-22-16)10-13-7-5-12(2)6-8-13/h5-8H,4,9-11H2,1-3H3,(H,17,21). The maximum absolute atomic E-state index is 11.7. The molecule has 0 spiro atoms. The number of amides is 1. The van der Waals surface area contributed by atoms with Gasteiger partial charge in [-0.15, -0.1) is 0 Å². The molecule has 1 heterocycles. The highest BCUT2D eigenvalue weighted by atomic mass is 32.1. The van der Waals surface area contributed by atoms with Gasteiger partial charge >= 0.3 is 0 Å². The first-order chi connectivity index (χ1) is 10.6. The van der Waals surface area contributed by atoms with Crippen molar-refractivity contribution in [1.82, 2.24) is 14.7 Å². The largest absolute Gasteiger partial charge is 0.355 e. The number of carbonyl (C=O) groups excluding carboxylic acids is 1. The third-order valence-corrected chi connectivity index (χ3v) is 4.09. The molecule has 0 radical (unpaired) electrons. The maximum atomic E-state index is 11.7. The van der Waals surface area contributed by atoms with Gasteiger partial charge in [-0.1, -0.05) is 36.8 Å². The lowest BCUT2D eigenvalue weighted by Gasteiger charge is -2.14. The molecule has 6 heteroatoms. The van der Waals surface area contributed by atoms with Gasteiger partial charge in [-0.2, -0.15) is 4.37 Å². The van der Waals surface area contributed by atoms with Crippen molar-refractivity contribution in [2.24, 2.45) is 0 Å². The predicted octanol–water partition coefficient (Wildman–Crippen LogP) is 2.40. The van der Waals surface area contributed by atoms with Crippen LogP contribution in [0.3, 0.4) is 0 Å². The lowest BCUT2D eigenvalue weighted by Crippen LogP contribution is -2.35. The topological polar surface area (TPSA) is 58.1 Å². The van der Waals surface area contributed by atoms with Gasteiger partial charge in [0.25, 0.3) is 0 Å². The van der Waals surface area contributed by atoms with E-state index in [1.54, 1.807) is 0 Å². The minimum absolute atomic E-state index is 0.0136. The summed E-state index contributed by atoms with van der Waals surface area (Å²) in [5, 5.41) is 3.63. The van der Waals surface area contributed by atoms with Gasteiger partial charge in [0.05, 0.1) is 6.54 Å². The van der Waals surface area contributed by atoms with E-state index in [9.17, 15) is 4.79 Å². The molecule has 22 heavy (non-hydrogen) atoms. The van der Waals surface area contributed by atoms with E-state index in [4.69, 9.17) is 0 Å². The second kappa shape index (κ2) is 7.89. The minimum Gasteiger partial charge on any atom is -0.355 e. The first-order valence-electron chi connectivity index (χ1n) is 7.44. The molecule has 1 aromatic carbocycles. The van der Waals surface area contributed by atoms with Crippen LogP contribution in [-0.4, -0.2) is 35.4 Å². The van der Waals surface area contributed by atoms with Crippen molar-refractivity contribution in [3.8, 4) is 0 Å². The van der Waals surface area contributed by atoms with Crippen molar-refractivity contribution >= 4 is 22.6 Å². The molecule has 0 bridgehead atoms. The molecule has 0 unspecified atom stereocenters. The molecule has 118 valence electrons. The van der Waals surface area contributed by atoms with Crippen molar-refractivity contribution < 1.29 is 4.79 Å². The van der Waals surface area contributed by atoms with Gasteiger partial charge in [-0.3, -0.25) is 4.79 Å². The van der Waals surface area contributed by atoms with Crippen molar-refractivity contribution in [3.05, 3.63) is 41.2 Å². The Labute approximate surface area is 135 Å². The van der Waals surface area contributed by atoms with Crippen LogP contribution in [0.1, 0.15) is 30.3 Å². The fourth-order valence-corrected chi connectivity index (χ4v) is 2.61. The highest BCUT2D eigenvalue weighted by molar-refractivity contribution is 7.09. The van der Waals surface area contributed by atoms with Crippen molar-refractivity contribution in [2.75, 3.05) is 25.0 Å². The van der Waals surface area contributed by atoms with Crippen molar-refractivity contribution in [1.29, 1.82) is 0 Å². The molecule has 0 aliphatic heterocycles. The summed E-state index contributed by atoms with van der Waals surface area (Å²) in [5.41, 5.74) is 2.44. The van der Waals surface area contributed by atoms with Gasteiger partial charge in [-0.25, -0.2) is 4.98 Å². The quantitative estimate of drug-likeness (QED) is 0.851. The van der Waals surface area contributed by atoms with E-state index in [1.165, 1.54) is 22.7 Å². The molecule has 0 atom stereocenters. The summed E-state index contributed by atoms with van der Waals surface area (Å²) in [6, 6.07) is 8.37. The first kappa shape index (κ1) is 16.4. The third-order valence-electron chi connectivity index (χ3n) is 3.22. The smallest absolute Gasteiger partial charge is 0.239 e. The number of nitrogens with one attached hydrogen (secondary N) is 1.